The fourth-order valence-electron chi connectivity index (χ4n) is 7.15. The Balaban J connectivity index is 0.970. The Labute approximate surface area is 327 Å². The molecule has 3 atom stereocenters. The molecule has 4 aromatic carbocycles. The molecule has 5 N–H and O–H groups in total. The zero-order valence-corrected chi connectivity index (χ0v) is 31.4. The van der Waals surface area contributed by atoms with Gasteiger partial charge in [-0.25, -0.2) is 9.97 Å². The molecule has 0 aliphatic carbocycles. The molecular formula is C44H49N7O5. The van der Waals surface area contributed by atoms with Gasteiger partial charge in [-0.3, -0.25) is 14.5 Å². The monoisotopic (exact) mass is 755 g/mol. The van der Waals surface area contributed by atoms with Gasteiger partial charge in [0.05, 0.1) is 30.2 Å². The number of aliphatic hydroxyl groups is 1. The SMILES string of the molecule is Nc1ccccc1NC(=O)CCCC(=O)NCc1cccc(-c2cccc([C@H]3O[C@@H](CN4CCN(c5ncccn5)CC4)C[C@@H](c4ccc(CO)cc4)O3)c2)c1. The highest BCUT2D eigenvalue weighted by atomic mass is 16.7. The summed E-state index contributed by atoms with van der Waals surface area (Å²) in [6, 6.07) is 33.3. The molecule has 0 spiro atoms. The van der Waals surface area contributed by atoms with E-state index in [1.165, 1.54) is 0 Å². The van der Waals surface area contributed by atoms with Gasteiger partial charge < -0.3 is 35.8 Å². The maximum absolute atomic E-state index is 12.7. The van der Waals surface area contributed by atoms with Gasteiger partial charge in [0.15, 0.2) is 6.29 Å². The van der Waals surface area contributed by atoms with Crippen LogP contribution in [0.3, 0.4) is 0 Å². The standard InChI is InChI=1S/C44H49N7O5/c45-38-11-1-2-12-39(38)49-42(54)14-5-13-41(53)48-28-32-7-3-8-34(25-32)35-9-4-10-36(26-35)43-55-37(27-40(56-43)33-17-15-31(30-52)16-18-33)29-50-21-23-51(24-22-50)44-46-19-6-20-47-44/h1-4,6-12,15-20,25-26,37,40,43,52H,5,13-14,21-24,27-30,45H2,(H,48,53)(H,49,54)/t37-,40+,43+/m1/s1. The zero-order chi connectivity index (χ0) is 38.7. The van der Waals surface area contributed by atoms with E-state index in [-0.39, 0.29) is 43.5 Å². The molecule has 3 heterocycles. The Bertz CT molecular complexity index is 2060. The van der Waals surface area contributed by atoms with E-state index in [1.807, 2.05) is 66.7 Å². The van der Waals surface area contributed by atoms with Crippen LogP contribution in [0.1, 0.15) is 60.3 Å². The average molecular weight is 756 g/mol. The lowest BCUT2D eigenvalue weighted by atomic mass is 9.98. The van der Waals surface area contributed by atoms with E-state index in [0.29, 0.717) is 30.8 Å². The molecule has 0 bridgehead atoms. The molecule has 12 heteroatoms. The number of carbonyl (C=O) groups is 2. The van der Waals surface area contributed by atoms with Gasteiger partial charge in [0.1, 0.15) is 0 Å². The van der Waals surface area contributed by atoms with E-state index >= 15 is 0 Å². The number of piperazine rings is 1. The minimum absolute atomic E-state index is 0.00721. The predicted octanol–water partition coefficient (Wildman–Crippen LogP) is 6.01. The van der Waals surface area contributed by atoms with Crippen molar-refractivity contribution < 1.29 is 24.2 Å². The maximum atomic E-state index is 12.7. The van der Waals surface area contributed by atoms with Crippen molar-refractivity contribution in [2.24, 2.45) is 0 Å². The van der Waals surface area contributed by atoms with Crippen LogP contribution in [0.5, 0.6) is 0 Å². The molecular weight excluding hydrogens is 707 g/mol. The van der Waals surface area contributed by atoms with Crippen molar-refractivity contribution >= 4 is 29.1 Å². The third kappa shape index (κ3) is 10.3. The van der Waals surface area contributed by atoms with Gasteiger partial charge in [0, 0.05) is 76.5 Å². The Morgan fingerprint density at radius 1 is 0.768 bits per heavy atom. The van der Waals surface area contributed by atoms with E-state index in [0.717, 1.165) is 72.1 Å². The Hall–Kier alpha value is -5.66. The van der Waals surface area contributed by atoms with Crippen LogP contribution in [0.4, 0.5) is 17.3 Å². The number of nitrogen functional groups attached to an aromatic ring is 1. The molecule has 1 aromatic heterocycles. The molecule has 2 saturated heterocycles. The minimum Gasteiger partial charge on any atom is -0.397 e. The summed E-state index contributed by atoms with van der Waals surface area (Å²) in [6.45, 7) is 4.60. The summed E-state index contributed by atoms with van der Waals surface area (Å²) in [4.78, 5) is 38.5. The Kier molecular flexibility index (Phi) is 13.0. The average Bonchev–Trinajstić information content (AvgIpc) is 3.24. The van der Waals surface area contributed by atoms with Crippen LogP contribution in [0.2, 0.25) is 0 Å². The number of aliphatic hydroxyl groups excluding tert-OH is 1. The highest BCUT2D eigenvalue weighted by Gasteiger charge is 2.34. The second kappa shape index (κ2) is 18.8. The number of ether oxygens (including phenoxy) is 2. The summed E-state index contributed by atoms with van der Waals surface area (Å²) in [7, 11) is 0. The van der Waals surface area contributed by atoms with Crippen LogP contribution >= 0.6 is 0 Å². The number of nitrogens with zero attached hydrogens (tertiary/aromatic N) is 4. The highest BCUT2D eigenvalue weighted by molar-refractivity contribution is 5.94. The highest BCUT2D eigenvalue weighted by Crippen LogP contribution is 2.39. The first kappa shape index (κ1) is 38.6. The lowest BCUT2D eigenvalue weighted by Crippen LogP contribution is -2.50. The van der Waals surface area contributed by atoms with Crippen molar-refractivity contribution in [3.63, 3.8) is 0 Å². The molecule has 2 aliphatic heterocycles. The van der Waals surface area contributed by atoms with Gasteiger partial charge in [-0.1, -0.05) is 72.8 Å². The smallest absolute Gasteiger partial charge is 0.225 e. The lowest BCUT2D eigenvalue weighted by Gasteiger charge is -2.40. The summed E-state index contributed by atoms with van der Waals surface area (Å²) < 4.78 is 13.4. The quantitative estimate of drug-likeness (QED) is 0.0991. The van der Waals surface area contributed by atoms with Crippen LogP contribution in [-0.2, 0) is 32.2 Å². The number of nitrogens with one attached hydrogen (secondary N) is 2. The second-order valence-electron chi connectivity index (χ2n) is 14.3. The fraction of sp³-hybridized carbons (Fsp3) is 0.318. The molecule has 0 radical (unpaired) electrons. The van der Waals surface area contributed by atoms with Gasteiger partial charge in [0.2, 0.25) is 17.8 Å². The van der Waals surface area contributed by atoms with E-state index in [2.05, 4.69) is 54.7 Å². The van der Waals surface area contributed by atoms with Gasteiger partial charge in [0.25, 0.3) is 0 Å². The van der Waals surface area contributed by atoms with E-state index in [1.54, 1.807) is 24.5 Å². The van der Waals surface area contributed by atoms with Crippen LogP contribution in [0.15, 0.2) is 116 Å². The summed E-state index contributed by atoms with van der Waals surface area (Å²) in [5, 5.41) is 15.4. The van der Waals surface area contributed by atoms with Gasteiger partial charge in [-0.05, 0) is 64.6 Å². The number of hydrogen-bond acceptors (Lipinski definition) is 10. The van der Waals surface area contributed by atoms with Crippen LogP contribution < -0.4 is 21.3 Å². The molecule has 12 nitrogen and oxygen atoms in total. The first-order valence-corrected chi connectivity index (χ1v) is 19.3. The molecule has 2 aliphatic rings. The van der Waals surface area contributed by atoms with Gasteiger partial charge in [-0.2, -0.15) is 0 Å². The predicted molar refractivity (Wildman–Crippen MR) is 216 cm³/mol. The largest absolute Gasteiger partial charge is 0.397 e. The maximum Gasteiger partial charge on any atom is 0.225 e. The summed E-state index contributed by atoms with van der Waals surface area (Å²) in [6.07, 6.45) is 4.34. The van der Waals surface area contributed by atoms with Crippen molar-refractivity contribution in [3.05, 3.63) is 138 Å². The number of nitrogens with two attached hydrogens (primary N) is 1. The number of aromatic nitrogens is 2. The van der Waals surface area contributed by atoms with Gasteiger partial charge >= 0.3 is 0 Å². The van der Waals surface area contributed by atoms with E-state index < -0.39 is 6.29 Å². The van der Waals surface area contributed by atoms with Crippen molar-refractivity contribution in [2.75, 3.05) is 48.7 Å². The summed E-state index contributed by atoms with van der Waals surface area (Å²) >= 11 is 0. The number of hydrogen-bond donors (Lipinski definition) is 4. The minimum atomic E-state index is -0.579. The Morgan fingerprint density at radius 2 is 1.50 bits per heavy atom. The first-order chi connectivity index (χ1) is 27.4. The second-order valence-corrected chi connectivity index (χ2v) is 14.3. The zero-order valence-electron chi connectivity index (χ0n) is 31.4. The molecule has 2 fully saturated rings. The van der Waals surface area contributed by atoms with Crippen LogP contribution in [-0.4, -0.2) is 70.6 Å². The van der Waals surface area contributed by atoms with Crippen molar-refractivity contribution in [3.8, 4) is 11.1 Å². The fourth-order valence-corrected chi connectivity index (χ4v) is 7.15. The lowest BCUT2D eigenvalue weighted by molar-refractivity contribution is -0.253. The Morgan fingerprint density at radius 3 is 2.27 bits per heavy atom. The van der Waals surface area contributed by atoms with Crippen molar-refractivity contribution in [1.82, 2.24) is 20.2 Å². The number of carbonyl (C=O) groups excluding carboxylic acids is 2. The molecule has 0 unspecified atom stereocenters. The van der Waals surface area contributed by atoms with E-state index in [4.69, 9.17) is 15.2 Å². The van der Waals surface area contributed by atoms with Crippen molar-refractivity contribution in [2.45, 2.75) is 57.3 Å². The van der Waals surface area contributed by atoms with Crippen LogP contribution in [0.25, 0.3) is 11.1 Å². The normalized spacial score (nSPS) is 18.7. The van der Waals surface area contributed by atoms with E-state index in [9.17, 15) is 14.7 Å². The third-order valence-corrected chi connectivity index (χ3v) is 10.2. The molecule has 2 amide bonds. The van der Waals surface area contributed by atoms with Crippen molar-refractivity contribution in [1.29, 1.82) is 0 Å². The molecule has 7 rings (SSSR count). The molecule has 5 aromatic rings. The number of amides is 2. The van der Waals surface area contributed by atoms with Gasteiger partial charge in [-0.15, -0.1) is 0 Å². The molecule has 0 saturated carbocycles. The summed E-state index contributed by atoms with van der Waals surface area (Å²) in [5.74, 6) is 0.476. The molecule has 290 valence electrons. The number of anilines is 3. The summed E-state index contributed by atoms with van der Waals surface area (Å²) in [5.41, 5.74) is 12.8. The topological polar surface area (TPSA) is 155 Å². The first-order valence-electron chi connectivity index (χ1n) is 19.3. The van der Waals surface area contributed by atoms with Crippen LogP contribution in [0, 0.1) is 0 Å². The number of para-hydroxylation sites is 2. The number of rotatable bonds is 14. The molecule has 56 heavy (non-hydrogen) atoms. The number of benzene rings is 4. The third-order valence-electron chi connectivity index (χ3n) is 10.2.